The first-order chi connectivity index (χ1) is 11.7. The third-order valence-electron chi connectivity index (χ3n) is 5.83. The number of anilines is 1. The molecule has 2 bridgehead atoms. The van der Waals surface area contributed by atoms with Gasteiger partial charge < -0.3 is 9.64 Å². The predicted molar refractivity (Wildman–Crippen MR) is 98.5 cm³/mol. The van der Waals surface area contributed by atoms with Crippen LogP contribution in [0.2, 0.25) is 0 Å². The molecule has 1 aromatic heterocycles. The molecule has 2 aromatic rings. The van der Waals surface area contributed by atoms with Gasteiger partial charge in [-0.05, 0) is 48.9 Å². The third kappa shape index (κ3) is 2.46. The number of pyridine rings is 1. The van der Waals surface area contributed by atoms with Gasteiger partial charge in [0, 0.05) is 37.4 Å². The van der Waals surface area contributed by atoms with Crippen LogP contribution in [0, 0.1) is 11.8 Å². The van der Waals surface area contributed by atoms with Crippen molar-refractivity contribution >= 4 is 16.6 Å². The quantitative estimate of drug-likeness (QED) is 0.805. The second-order valence-electron chi connectivity index (χ2n) is 6.98. The number of aromatic nitrogens is 1. The molecule has 0 saturated carbocycles. The van der Waals surface area contributed by atoms with Gasteiger partial charge in [0.05, 0.1) is 18.8 Å². The fourth-order valence-electron chi connectivity index (χ4n) is 4.42. The normalized spacial score (nSPS) is 28.8. The third-order valence-corrected chi connectivity index (χ3v) is 5.83. The van der Waals surface area contributed by atoms with E-state index in [4.69, 9.17) is 4.74 Å². The van der Waals surface area contributed by atoms with Crippen molar-refractivity contribution in [3.8, 4) is 5.75 Å². The molecule has 4 heteroatoms. The lowest BCUT2D eigenvalue weighted by Crippen LogP contribution is -2.58. The largest absolute Gasteiger partial charge is 0.497 e. The van der Waals surface area contributed by atoms with Crippen molar-refractivity contribution in [3.63, 3.8) is 0 Å². The van der Waals surface area contributed by atoms with E-state index in [0.717, 1.165) is 29.1 Å². The average molecular weight is 323 g/mol. The van der Waals surface area contributed by atoms with Crippen LogP contribution in [-0.4, -0.2) is 43.3 Å². The fourth-order valence-corrected chi connectivity index (χ4v) is 4.42. The lowest BCUT2D eigenvalue weighted by atomic mass is 9.77. The molecular formula is C20H25N3O. The predicted octanol–water partition coefficient (Wildman–Crippen LogP) is 3.53. The molecule has 4 unspecified atom stereocenters. The van der Waals surface area contributed by atoms with Crippen LogP contribution in [0.25, 0.3) is 10.9 Å². The molecule has 5 rings (SSSR count). The minimum Gasteiger partial charge on any atom is -0.497 e. The maximum absolute atomic E-state index is 5.41. The first kappa shape index (κ1) is 15.5. The Balaban J connectivity index is 1.69. The Labute approximate surface area is 143 Å². The Hall–Kier alpha value is -2.07. The Bertz CT molecular complexity index is 760. The zero-order valence-electron chi connectivity index (χ0n) is 14.5. The summed E-state index contributed by atoms with van der Waals surface area (Å²) in [4.78, 5) is 9.54. The van der Waals surface area contributed by atoms with Gasteiger partial charge >= 0.3 is 0 Å². The van der Waals surface area contributed by atoms with Crippen molar-refractivity contribution in [2.75, 3.05) is 32.1 Å². The van der Waals surface area contributed by atoms with Gasteiger partial charge in [-0.3, -0.25) is 9.88 Å². The van der Waals surface area contributed by atoms with Crippen LogP contribution in [0.4, 0.5) is 5.69 Å². The van der Waals surface area contributed by atoms with Gasteiger partial charge in [0.1, 0.15) is 5.75 Å². The van der Waals surface area contributed by atoms with Gasteiger partial charge in [-0.2, -0.15) is 0 Å². The summed E-state index contributed by atoms with van der Waals surface area (Å²) < 4.78 is 5.41. The van der Waals surface area contributed by atoms with Gasteiger partial charge in [0.25, 0.3) is 0 Å². The van der Waals surface area contributed by atoms with Crippen LogP contribution in [0.5, 0.6) is 5.75 Å². The van der Waals surface area contributed by atoms with E-state index in [2.05, 4.69) is 46.6 Å². The van der Waals surface area contributed by atoms with E-state index in [1.807, 2.05) is 18.3 Å². The molecule has 24 heavy (non-hydrogen) atoms. The Morgan fingerprint density at radius 2 is 2.25 bits per heavy atom. The summed E-state index contributed by atoms with van der Waals surface area (Å²) in [5.41, 5.74) is 2.24. The number of hydrogen-bond donors (Lipinski definition) is 0. The second kappa shape index (κ2) is 6.10. The summed E-state index contributed by atoms with van der Waals surface area (Å²) in [5, 5.41) is 1.15. The van der Waals surface area contributed by atoms with Crippen LogP contribution >= 0.6 is 0 Å². The molecule has 0 spiro atoms. The Morgan fingerprint density at radius 1 is 1.38 bits per heavy atom. The molecule has 4 heterocycles. The first-order valence-electron chi connectivity index (χ1n) is 8.73. The van der Waals surface area contributed by atoms with E-state index in [9.17, 15) is 0 Å². The van der Waals surface area contributed by atoms with E-state index in [1.165, 1.54) is 25.1 Å². The van der Waals surface area contributed by atoms with E-state index < -0.39 is 0 Å². The second-order valence-corrected chi connectivity index (χ2v) is 6.98. The number of hydrogen-bond acceptors (Lipinski definition) is 4. The highest BCUT2D eigenvalue weighted by Crippen LogP contribution is 2.40. The Morgan fingerprint density at radius 3 is 2.96 bits per heavy atom. The van der Waals surface area contributed by atoms with Gasteiger partial charge in [0.2, 0.25) is 0 Å². The monoisotopic (exact) mass is 323 g/mol. The van der Waals surface area contributed by atoms with Gasteiger partial charge in [-0.15, -0.1) is 6.58 Å². The SMILES string of the molecule is C=CC1CN2CCC1CC2N(C)c1ccnc2ccc(OC)cc12. The van der Waals surface area contributed by atoms with Crippen molar-refractivity contribution in [2.45, 2.75) is 19.0 Å². The number of methoxy groups -OCH3 is 1. The molecule has 3 saturated heterocycles. The first-order valence-corrected chi connectivity index (χ1v) is 8.73. The van der Waals surface area contributed by atoms with Gasteiger partial charge in [-0.25, -0.2) is 0 Å². The van der Waals surface area contributed by atoms with Crippen LogP contribution in [0.1, 0.15) is 12.8 Å². The molecule has 126 valence electrons. The molecule has 3 aliphatic rings. The summed E-state index contributed by atoms with van der Waals surface area (Å²) in [5.74, 6) is 2.29. The molecule has 3 fully saturated rings. The summed E-state index contributed by atoms with van der Waals surface area (Å²) >= 11 is 0. The molecule has 0 radical (unpaired) electrons. The molecular weight excluding hydrogens is 298 g/mol. The van der Waals surface area contributed by atoms with E-state index in [1.54, 1.807) is 7.11 Å². The number of nitrogens with zero attached hydrogens (tertiary/aromatic N) is 3. The number of rotatable bonds is 4. The average Bonchev–Trinajstić information content (AvgIpc) is 2.66. The summed E-state index contributed by atoms with van der Waals surface area (Å²) in [6, 6.07) is 8.22. The van der Waals surface area contributed by atoms with Crippen molar-refractivity contribution < 1.29 is 4.74 Å². The standard InChI is InChI=1S/C20H25N3O/c1-4-14-13-23-10-8-15(14)11-20(23)22(2)19-7-9-21-18-6-5-16(24-3)12-17(18)19/h4-7,9,12,14-15,20H,1,8,10-11,13H2,2-3H3. The topological polar surface area (TPSA) is 28.6 Å². The fraction of sp³-hybridized carbons (Fsp3) is 0.450. The smallest absolute Gasteiger partial charge is 0.119 e. The highest BCUT2D eigenvalue weighted by molar-refractivity contribution is 5.92. The number of fused-ring (bicyclic) bond motifs is 4. The maximum Gasteiger partial charge on any atom is 0.119 e. The lowest BCUT2D eigenvalue weighted by molar-refractivity contribution is 0.0200. The van der Waals surface area contributed by atoms with E-state index in [0.29, 0.717) is 12.1 Å². The van der Waals surface area contributed by atoms with Gasteiger partial charge in [-0.1, -0.05) is 6.08 Å². The van der Waals surface area contributed by atoms with Crippen molar-refractivity contribution in [1.82, 2.24) is 9.88 Å². The molecule has 0 amide bonds. The van der Waals surface area contributed by atoms with Crippen molar-refractivity contribution in [3.05, 3.63) is 43.1 Å². The number of benzene rings is 1. The summed E-state index contributed by atoms with van der Waals surface area (Å²) in [6.45, 7) is 6.35. The zero-order chi connectivity index (χ0) is 16.7. The van der Waals surface area contributed by atoms with Crippen LogP contribution in [0.15, 0.2) is 43.1 Å². The van der Waals surface area contributed by atoms with Crippen molar-refractivity contribution in [1.29, 1.82) is 0 Å². The number of ether oxygens (including phenoxy) is 1. The molecule has 0 N–H and O–H groups in total. The minimum absolute atomic E-state index is 0.455. The lowest BCUT2D eigenvalue weighted by Gasteiger charge is -2.52. The van der Waals surface area contributed by atoms with Crippen LogP contribution in [-0.2, 0) is 0 Å². The molecule has 4 atom stereocenters. The summed E-state index contributed by atoms with van der Waals surface area (Å²) in [7, 11) is 3.92. The highest BCUT2D eigenvalue weighted by atomic mass is 16.5. The zero-order valence-corrected chi connectivity index (χ0v) is 14.5. The van der Waals surface area contributed by atoms with E-state index in [-0.39, 0.29) is 0 Å². The minimum atomic E-state index is 0.455. The molecule has 3 aliphatic heterocycles. The summed E-state index contributed by atoms with van der Waals surface area (Å²) in [6.07, 6.45) is 7.02. The molecule has 0 aliphatic carbocycles. The van der Waals surface area contributed by atoms with Crippen molar-refractivity contribution in [2.24, 2.45) is 11.8 Å². The molecule has 4 nitrogen and oxygen atoms in total. The van der Waals surface area contributed by atoms with Crippen LogP contribution in [0.3, 0.4) is 0 Å². The molecule has 1 aromatic carbocycles. The van der Waals surface area contributed by atoms with Crippen LogP contribution < -0.4 is 9.64 Å². The van der Waals surface area contributed by atoms with Gasteiger partial charge in [0.15, 0.2) is 0 Å². The number of piperidine rings is 3. The van der Waals surface area contributed by atoms with E-state index >= 15 is 0 Å². The maximum atomic E-state index is 5.41. The Kier molecular flexibility index (Phi) is 3.93. The highest BCUT2D eigenvalue weighted by Gasteiger charge is 2.40.